The Morgan fingerprint density at radius 3 is 2.71 bits per heavy atom. The van der Waals surface area contributed by atoms with Gasteiger partial charge in [0.05, 0.1) is 0 Å². The molecule has 0 radical (unpaired) electrons. The number of halogens is 1. The molecule has 1 aromatic carbocycles. The predicted octanol–water partition coefficient (Wildman–Crippen LogP) is 4.28. The number of carbonyl (C=O) groups is 1. The minimum atomic E-state index is -0.709. The summed E-state index contributed by atoms with van der Waals surface area (Å²) in [4.78, 5) is 15.4. The number of nitrogens with one attached hydrogen (secondary N) is 1. The lowest BCUT2D eigenvalue weighted by Crippen LogP contribution is -2.24. The van der Waals surface area contributed by atoms with Crippen LogP contribution >= 0.6 is 11.6 Å². The molecule has 0 fully saturated rings. The van der Waals surface area contributed by atoms with E-state index in [9.17, 15) is 4.79 Å². The summed E-state index contributed by atoms with van der Waals surface area (Å²) in [6.07, 6.45) is 1.67. The Balaban J connectivity index is 2.23. The van der Waals surface area contributed by atoms with Crippen LogP contribution in [-0.2, 0) is 15.1 Å². The predicted molar refractivity (Wildman–Crippen MR) is 83.8 cm³/mol. The summed E-state index contributed by atoms with van der Waals surface area (Å²) in [5, 5.41) is 3.82. The summed E-state index contributed by atoms with van der Waals surface area (Å²) in [6, 6.07) is 11.1. The Morgan fingerprint density at radius 1 is 1.29 bits per heavy atom. The third kappa shape index (κ3) is 4.20. The number of ether oxygens (including phenoxy) is 1. The second-order valence-corrected chi connectivity index (χ2v) is 5.61. The van der Waals surface area contributed by atoms with E-state index in [1.165, 1.54) is 6.92 Å². The van der Waals surface area contributed by atoms with E-state index in [4.69, 9.17) is 16.3 Å². The Hall–Kier alpha value is -2.07. The van der Waals surface area contributed by atoms with Gasteiger partial charge in [-0.25, -0.2) is 4.98 Å². The number of benzene rings is 1. The summed E-state index contributed by atoms with van der Waals surface area (Å²) in [5.74, 6) is 0.344. The standard InChI is InChI=1S/C16H17ClN2O2/c1-11(20)21-16(2,3)12-7-8-18-15(9-12)19-14-6-4-5-13(17)10-14/h4-10H,1-3H3,(H,18,19). The maximum Gasteiger partial charge on any atom is 0.303 e. The van der Waals surface area contributed by atoms with Crippen molar-refractivity contribution in [2.45, 2.75) is 26.4 Å². The number of aromatic nitrogens is 1. The maximum absolute atomic E-state index is 11.2. The Morgan fingerprint density at radius 2 is 2.05 bits per heavy atom. The summed E-state index contributed by atoms with van der Waals surface area (Å²) in [6.45, 7) is 5.08. The van der Waals surface area contributed by atoms with Gasteiger partial charge in [-0.2, -0.15) is 0 Å². The Bertz CT molecular complexity index is 656. The molecule has 0 aliphatic heterocycles. The van der Waals surface area contributed by atoms with Gasteiger partial charge in [-0.1, -0.05) is 17.7 Å². The second-order valence-electron chi connectivity index (χ2n) is 5.17. The molecule has 0 unspecified atom stereocenters. The molecule has 0 aliphatic carbocycles. The molecule has 2 rings (SSSR count). The molecule has 4 nitrogen and oxygen atoms in total. The summed E-state index contributed by atoms with van der Waals surface area (Å²) in [7, 11) is 0. The average molecular weight is 305 g/mol. The maximum atomic E-state index is 11.2. The van der Waals surface area contributed by atoms with E-state index >= 15 is 0 Å². The van der Waals surface area contributed by atoms with Crippen LogP contribution < -0.4 is 5.32 Å². The van der Waals surface area contributed by atoms with Gasteiger partial charge in [-0.3, -0.25) is 4.79 Å². The number of nitrogens with zero attached hydrogens (tertiary/aromatic N) is 1. The quantitative estimate of drug-likeness (QED) is 0.857. The van der Waals surface area contributed by atoms with Gasteiger partial charge >= 0.3 is 5.97 Å². The van der Waals surface area contributed by atoms with Crippen molar-refractivity contribution >= 4 is 29.1 Å². The first-order valence-electron chi connectivity index (χ1n) is 6.55. The molecule has 0 saturated carbocycles. The molecule has 0 amide bonds. The molecule has 0 aliphatic rings. The SMILES string of the molecule is CC(=O)OC(C)(C)c1ccnc(Nc2cccc(Cl)c2)c1. The van der Waals surface area contributed by atoms with Crippen molar-refractivity contribution in [1.82, 2.24) is 4.98 Å². The van der Waals surface area contributed by atoms with Crippen LogP contribution in [0.1, 0.15) is 26.3 Å². The van der Waals surface area contributed by atoms with Crippen LogP contribution in [0.5, 0.6) is 0 Å². The lowest BCUT2D eigenvalue weighted by molar-refractivity contribution is -0.154. The van der Waals surface area contributed by atoms with Crippen LogP contribution in [0.4, 0.5) is 11.5 Å². The first-order chi connectivity index (χ1) is 9.87. The molecule has 110 valence electrons. The monoisotopic (exact) mass is 304 g/mol. The van der Waals surface area contributed by atoms with Gasteiger partial charge in [-0.15, -0.1) is 0 Å². The van der Waals surface area contributed by atoms with Crippen LogP contribution in [0, 0.1) is 0 Å². The van der Waals surface area contributed by atoms with Crippen molar-refractivity contribution < 1.29 is 9.53 Å². The third-order valence-electron chi connectivity index (χ3n) is 2.95. The van der Waals surface area contributed by atoms with E-state index in [1.54, 1.807) is 12.3 Å². The molecule has 0 saturated heterocycles. The number of pyridine rings is 1. The van der Waals surface area contributed by atoms with Crippen LogP contribution in [0.15, 0.2) is 42.6 Å². The summed E-state index contributed by atoms with van der Waals surface area (Å²) < 4.78 is 5.33. The molecule has 0 spiro atoms. The third-order valence-corrected chi connectivity index (χ3v) is 3.19. The van der Waals surface area contributed by atoms with Gasteiger partial charge in [0, 0.05) is 29.4 Å². The number of rotatable bonds is 4. The van der Waals surface area contributed by atoms with Gasteiger partial charge in [0.1, 0.15) is 11.4 Å². The molecule has 1 N–H and O–H groups in total. The van der Waals surface area contributed by atoms with E-state index in [0.717, 1.165) is 11.3 Å². The van der Waals surface area contributed by atoms with E-state index in [-0.39, 0.29) is 5.97 Å². The molecular weight excluding hydrogens is 288 g/mol. The smallest absolute Gasteiger partial charge is 0.303 e. The topological polar surface area (TPSA) is 51.2 Å². The highest BCUT2D eigenvalue weighted by Gasteiger charge is 2.24. The van der Waals surface area contributed by atoms with Crippen molar-refractivity contribution in [3.8, 4) is 0 Å². The average Bonchev–Trinajstić information content (AvgIpc) is 2.37. The van der Waals surface area contributed by atoms with Crippen LogP contribution in [0.25, 0.3) is 0 Å². The molecular formula is C16H17ClN2O2. The van der Waals surface area contributed by atoms with Crippen molar-refractivity contribution in [3.63, 3.8) is 0 Å². The normalized spacial score (nSPS) is 11.0. The fraction of sp³-hybridized carbons (Fsp3) is 0.250. The zero-order valence-corrected chi connectivity index (χ0v) is 12.9. The fourth-order valence-corrected chi connectivity index (χ4v) is 2.20. The van der Waals surface area contributed by atoms with E-state index in [1.807, 2.05) is 44.2 Å². The van der Waals surface area contributed by atoms with Gasteiger partial charge in [-0.05, 0) is 44.2 Å². The van der Waals surface area contributed by atoms with Crippen LogP contribution in [-0.4, -0.2) is 11.0 Å². The van der Waals surface area contributed by atoms with E-state index < -0.39 is 5.60 Å². The number of hydrogen-bond acceptors (Lipinski definition) is 4. The lowest BCUT2D eigenvalue weighted by Gasteiger charge is -2.25. The number of esters is 1. The van der Waals surface area contributed by atoms with Gasteiger partial charge < -0.3 is 10.1 Å². The largest absolute Gasteiger partial charge is 0.455 e. The second kappa shape index (κ2) is 6.14. The molecule has 2 aromatic rings. The van der Waals surface area contributed by atoms with Gasteiger partial charge in [0.25, 0.3) is 0 Å². The number of anilines is 2. The van der Waals surface area contributed by atoms with E-state index in [2.05, 4.69) is 10.3 Å². The first kappa shape index (κ1) is 15.3. The highest BCUT2D eigenvalue weighted by Crippen LogP contribution is 2.27. The highest BCUT2D eigenvalue weighted by atomic mass is 35.5. The zero-order valence-electron chi connectivity index (χ0n) is 12.2. The molecule has 1 heterocycles. The van der Waals surface area contributed by atoms with Gasteiger partial charge in [0.2, 0.25) is 0 Å². The molecule has 0 atom stereocenters. The fourth-order valence-electron chi connectivity index (χ4n) is 2.01. The van der Waals surface area contributed by atoms with Gasteiger partial charge in [0.15, 0.2) is 0 Å². The molecule has 5 heteroatoms. The van der Waals surface area contributed by atoms with Crippen molar-refractivity contribution in [1.29, 1.82) is 0 Å². The Labute approximate surface area is 129 Å². The minimum absolute atomic E-state index is 0.318. The molecule has 0 bridgehead atoms. The van der Waals surface area contributed by atoms with Crippen molar-refractivity contribution in [2.75, 3.05) is 5.32 Å². The molecule has 1 aromatic heterocycles. The zero-order chi connectivity index (χ0) is 15.5. The highest BCUT2D eigenvalue weighted by molar-refractivity contribution is 6.30. The Kier molecular flexibility index (Phi) is 4.48. The number of hydrogen-bond donors (Lipinski definition) is 1. The van der Waals surface area contributed by atoms with E-state index in [0.29, 0.717) is 10.8 Å². The first-order valence-corrected chi connectivity index (χ1v) is 6.93. The van der Waals surface area contributed by atoms with Crippen LogP contribution in [0.3, 0.4) is 0 Å². The lowest BCUT2D eigenvalue weighted by atomic mass is 9.99. The number of carbonyl (C=O) groups excluding carboxylic acids is 1. The summed E-state index contributed by atoms with van der Waals surface area (Å²) >= 11 is 5.95. The molecule has 21 heavy (non-hydrogen) atoms. The van der Waals surface area contributed by atoms with Crippen molar-refractivity contribution in [3.05, 3.63) is 53.2 Å². The van der Waals surface area contributed by atoms with Crippen molar-refractivity contribution in [2.24, 2.45) is 0 Å². The van der Waals surface area contributed by atoms with Crippen LogP contribution in [0.2, 0.25) is 5.02 Å². The summed E-state index contributed by atoms with van der Waals surface area (Å²) in [5.41, 5.74) is 0.995. The minimum Gasteiger partial charge on any atom is -0.455 e.